The molecule has 0 aromatic heterocycles. The molecule has 0 saturated carbocycles. The SMILES string of the molecule is Cc1cccc(C(=O)N(CCCBr)C(C)C)c1O. The van der Waals surface area contributed by atoms with Crippen LogP contribution >= 0.6 is 15.9 Å². The van der Waals surface area contributed by atoms with Crippen molar-refractivity contribution in [3.63, 3.8) is 0 Å². The fourth-order valence-electron chi connectivity index (χ4n) is 1.81. The number of halogens is 1. The molecule has 4 heteroatoms. The number of carbonyl (C=O) groups excluding carboxylic acids is 1. The Bertz CT molecular complexity index is 418. The Kier molecular flexibility index (Phi) is 5.66. The van der Waals surface area contributed by atoms with Crippen molar-refractivity contribution in [1.29, 1.82) is 0 Å². The summed E-state index contributed by atoms with van der Waals surface area (Å²) in [6.07, 6.45) is 0.899. The van der Waals surface area contributed by atoms with Crippen LogP contribution in [0.3, 0.4) is 0 Å². The topological polar surface area (TPSA) is 40.5 Å². The predicted octanol–water partition coefficient (Wildman–Crippen LogP) is 3.34. The molecular formula is C14H20BrNO2. The monoisotopic (exact) mass is 313 g/mol. The maximum absolute atomic E-state index is 12.4. The molecular weight excluding hydrogens is 294 g/mol. The molecule has 0 fully saturated rings. The largest absolute Gasteiger partial charge is 0.507 e. The van der Waals surface area contributed by atoms with E-state index in [-0.39, 0.29) is 17.7 Å². The predicted molar refractivity (Wildman–Crippen MR) is 77.4 cm³/mol. The van der Waals surface area contributed by atoms with Gasteiger partial charge in [0.2, 0.25) is 0 Å². The second kappa shape index (κ2) is 6.78. The average molecular weight is 314 g/mol. The molecule has 0 unspecified atom stereocenters. The number of para-hydroxylation sites is 1. The number of hydrogen-bond donors (Lipinski definition) is 1. The molecule has 1 aromatic rings. The van der Waals surface area contributed by atoms with Gasteiger partial charge in [-0.3, -0.25) is 4.79 Å². The maximum atomic E-state index is 12.4. The molecule has 0 atom stereocenters. The molecule has 0 radical (unpaired) electrons. The van der Waals surface area contributed by atoms with Crippen molar-refractivity contribution in [3.8, 4) is 5.75 Å². The Hall–Kier alpha value is -1.03. The Morgan fingerprint density at radius 2 is 2.11 bits per heavy atom. The van der Waals surface area contributed by atoms with Crippen LogP contribution in [0, 0.1) is 6.92 Å². The first-order valence-electron chi connectivity index (χ1n) is 6.14. The summed E-state index contributed by atoms with van der Waals surface area (Å²) < 4.78 is 0. The van der Waals surface area contributed by atoms with Crippen LogP contribution in [0.2, 0.25) is 0 Å². The van der Waals surface area contributed by atoms with E-state index in [4.69, 9.17) is 0 Å². The smallest absolute Gasteiger partial charge is 0.257 e. The molecule has 0 aliphatic rings. The van der Waals surface area contributed by atoms with Crippen LogP contribution in [0.5, 0.6) is 5.75 Å². The third kappa shape index (κ3) is 3.48. The van der Waals surface area contributed by atoms with Crippen molar-refractivity contribution in [2.45, 2.75) is 33.2 Å². The second-order valence-corrected chi connectivity index (χ2v) is 5.40. The number of alkyl halides is 1. The number of benzene rings is 1. The molecule has 0 aliphatic heterocycles. The number of carbonyl (C=O) groups is 1. The first kappa shape index (κ1) is 15.0. The number of phenolic OH excluding ortho intramolecular Hbond substituents is 1. The van der Waals surface area contributed by atoms with E-state index in [9.17, 15) is 9.90 Å². The van der Waals surface area contributed by atoms with Gasteiger partial charge in [-0.05, 0) is 38.8 Å². The minimum Gasteiger partial charge on any atom is -0.507 e. The third-order valence-electron chi connectivity index (χ3n) is 2.89. The number of aromatic hydroxyl groups is 1. The van der Waals surface area contributed by atoms with Gasteiger partial charge in [0.05, 0.1) is 5.56 Å². The molecule has 0 bridgehead atoms. The van der Waals surface area contributed by atoms with E-state index >= 15 is 0 Å². The quantitative estimate of drug-likeness (QED) is 0.847. The summed E-state index contributed by atoms with van der Waals surface area (Å²) in [5, 5.41) is 10.8. The Morgan fingerprint density at radius 3 is 2.67 bits per heavy atom. The van der Waals surface area contributed by atoms with Gasteiger partial charge >= 0.3 is 0 Å². The van der Waals surface area contributed by atoms with Gasteiger partial charge in [-0.1, -0.05) is 28.1 Å². The van der Waals surface area contributed by atoms with Gasteiger partial charge in [0.25, 0.3) is 5.91 Å². The number of hydrogen-bond acceptors (Lipinski definition) is 2. The van der Waals surface area contributed by atoms with Crippen LogP contribution in [0.1, 0.15) is 36.2 Å². The zero-order chi connectivity index (χ0) is 13.7. The molecule has 18 heavy (non-hydrogen) atoms. The number of aryl methyl sites for hydroxylation is 1. The van der Waals surface area contributed by atoms with Crippen molar-refractivity contribution in [2.75, 3.05) is 11.9 Å². The lowest BCUT2D eigenvalue weighted by atomic mass is 10.1. The molecule has 3 nitrogen and oxygen atoms in total. The first-order chi connectivity index (χ1) is 8.49. The molecule has 0 aliphatic carbocycles. The van der Waals surface area contributed by atoms with Gasteiger partial charge in [-0.25, -0.2) is 0 Å². The van der Waals surface area contributed by atoms with Crippen LogP contribution in [-0.2, 0) is 0 Å². The van der Waals surface area contributed by atoms with E-state index in [2.05, 4.69) is 15.9 Å². The van der Waals surface area contributed by atoms with E-state index < -0.39 is 0 Å². The normalized spacial score (nSPS) is 10.7. The van der Waals surface area contributed by atoms with Gasteiger partial charge < -0.3 is 10.0 Å². The van der Waals surface area contributed by atoms with E-state index in [1.54, 1.807) is 30.0 Å². The number of nitrogens with zero attached hydrogens (tertiary/aromatic N) is 1. The molecule has 0 heterocycles. The van der Waals surface area contributed by atoms with E-state index in [1.807, 2.05) is 13.8 Å². The summed E-state index contributed by atoms with van der Waals surface area (Å²) in [4.78, 5) is 14.2. The molecule has 1 N–H and O–H groups in total. The van der Waals surface area contributed by atoms with E-state index in [0.717, 1.165) is 17.3 Å². The molecule has 100 valence electrons. The number of amides is 1. The highest BCUT2D eigenvalue weighted by atomic mass is 79.9. The van der Waals surface area contributed by atoms with Gasteiger partial charge in [-0.2, -0.15) is 0 Å². The molecule has 1 rings (SSSR count). The van der Waals surface area contributed by atoms with Crippen LogP contribution in [0.4, 0.5) is 0 Å². The van der Waals surface area contributed by atoms with Crippen LogP contribution in [0.25, 0.3) is 0 Å². The van der Waals surface area contributed by atoms with Gasteiger partial charge in [0, 0.05) is 17.9 Å². The highest BCUT2D eigenvalue weighted by Crippen LogP contribution is 2.23. The molecule has 1 aromatic carbocycles. The van der Waals surface area contributed by atoms with Gasteiger partial charge in [0.15, 0.2) is 0 Å². The Morgan fingerprint density at radius 1 is 1.44 bits per heavy atom. The Balaban J connectivity index is 2.98. The minimum atomic E-state index is -0.104. The van der Waals surface area contributed by atoms with Crippen molar-refractivity contribution in [2.24, 2.45) is 0 Å². The van der Waals surface area contributed by atoms with Crippen molar-refractivity contribution in [3.05, 3.63) is 29.3 Å². The Labute approximate surface area is 117 Å². The maximum Gasteiger partial charge on any atom is 0.257 e. The summed E-state index contributed by atoms with van der Waals surface area (Å²) in [5.74, 6) is -0.0147. The fraction of sp³-hybridized carbons (Fsp3) is 0.500. The van der Waals surface area contributed by atoms with Crippen molar-refractivity contribution < 1.29 is 9.90 Å². The van der Waals surface area contributed by atoms with Crippen LogP contribution < -0.4 is 0 Å². The zero-order valence-corrected chi connectivity index (χ0v) is 12.7. The first-order valence-corrected chi connectivity index (χ1v) is 7.26. The summed E-state index contributed by atoms with van der Waals surface area (Å²) in [6, 6.07) is 5.39. The zero-order valence-electron chi connectivity index (χ0n) is 11.1. The number of phenols is 1. The van der Waals surface area contributed by atoms with Crippen molar-refractivity contribution in [1.82, 2.24) is 4.90 Å². The van der Waals surface area contributed by atoms with Gasteiger partial charge in [0.1, 0.15) is 5.75 Å². The van der Waals surface area contributed by atoms with E-state index in [1.165, 1.54) is 0 Å². The summed E-state index contributed by atoms with van der Waals surface area (Å²) in [6.45, 7) is 6.46. The summed E-state index contributed by atoms with van der Waals surface area (Å²) >= 11 is 3.37. The third-order valence-corrected chi connectivity index (χ3v) is 3.45. The van der Waals surface area contributed by atoms with Crippen molar-refractivity contribution >= 4 is 21.8 Å². The average Bonchev–Trinajstić information content (AvgIpc) is 2.32. The summed E-state index contributed by atoms with van der Waals surface area (Å²) in [7, 11) is 0. The fourth-order valence-corrected chi connectivity index (χ4v) is 2.06. The number of rotatable bonds is 5. The van der Waals surface area contributed by atoms with Crippen LogP contribution in [-0.4, -0.2) is 33.8 Å². The highest BCUT2D eigenvalue weighted by molar-refractivity contribution is 9.09. The minimum absolute atomic E-state index is 0.0898. The standard InChI is InChI=1S/C14H20BrNO2/c1-10(2)16(9-5-8-15)14(18)12-7-4-6-11(3)13(12)17/h4,6-7,10,17H,5,8-9H2,1-3H3. The lowest BCUT2D eigenvalue weighted by molar-refractivity contribution is 0.0703. The van der Waals surface area contributed by atoms with E-state index in [0.29, 0.717) is 12.1 Å². The second-order valence-electron chi connectivity index (χ2n) is 4.61. The highest BCUT2D eigenvalue weighted by Gasteiger charge is 2.21. The lowest BCUT2D eigenvalue weighted by Gasteiger charge is -2.27. The molecule has 0 spiro atoms. The summed E-state index contributed by atoms with van der Waals surface area (Å²) in [5.41, 5.74) is 1.11. The molecule has 1 amide bonds. The van der Waals surface area contributed by atoms with Gasteiger partial charge in [-0.15, -0.1) is 0 Å². The molecule has 0 saturated heterocycles. The lowest BCUT2D eigenvalue weighted by Crippen LogP contribution is -2.38. The van der Waals surface area contributed by atoms with Crippen LogP contribution in [0.15, 0.2) is 18.2 Å².